The van der Waals surface area contributed by atoms with E-state index in [0.717, 1.165) is 5.56 Å². The fraction of sp³-hybridized carbons (Fsp3) is 0.125. The molecular formula is C16H14O4. The molecule has 1 aromatic heterocycles. The second-order valence-corrected chi connectivity index (χ2v) is 4.62. The Morgan fingerprint density at radius 3 is 2.55 bits per heavy atom. The van der Waals surface area contributed by atoms with Gasteiger partial charge in [0.25, 0.3) is 0 Å². The minimum Gasteiger partial charge on any atom is -0.508 e. The number of phenols is 2. The fourth-order valence-corrected chi connectivity index (χ4v) is 2.23. The summed E-state index contributed by atoms with van der Waals surface area (Å²) >= 11 is 0. The first-order valence-electron chi connectivity index (χ1n) is 6.19. The number of aromatic hydroxyl groups is 2. The van der Waals surface area contributed by atoms with E-state index in [0.29, 0.717) is 28.0 Å². The molecule has 20 heavy (non-hydrogen) atoms. The van der Waals surface area contributed by atoms with E-state index >= 15 is 0 Å². The van der Waals surface area contributed by atoms with Crippen LogP contribution in [0.5, 0.6) is 17.2 Å². The third-order valence-electron chi connectivity index (χ3n) is 3.39. The summed E-state index contributed by atoms with van der Waals surface area (Å²) in [6.07, 6.45) is 0. The maximum absolute atomic E-state index is 9.93. The van der Waals surface area contributed by atoms with Gasteiger partial charge in [-0.25, -0.2) is 0 Å². The van der Waals surface area contributed by atoms with E-state index < -0.39 is 0 Å². The van der Waals surface area contributed by atoms with Crippen LogP contribution in [0.4, 0.5) is 0 Å². The van der Waals surface area contributed by atoms with E-state index in [1.165, 1.54) is 0 Å². The zero-order chi connectivity index (χ0) is 14.3. The summed E-state index contributed by atoms with van der Waals surface area (Å²) < 4.78 is 10.9. The number of furan rings is 1. The summed E-state index contributed by atoms with van der Waals surface area (Å²) in [5, 5.41) is 20.4. The molecule has 102 valence electrons. The van der Waals surface area contributed by atoms with Crippen molar-refractivity contribution in [1.29, 1.82) is 0 Å². The SMILES string of the molecule is COc1cc(O)c(C)c(-c2cc3c(O)cccc3o2)c1. The van der Waals surface area contributed by atoms with Crippen LogP contribution in [-0.2, 0) is 0 Å². The van der Waals surface area contributed by atoms with Gasteiger partial charge in [0.2, 0.25) is 0 Å². The largest absolute Gasteiger partial charge is 0.508 e. The van der Waals surface area contributed by atoms with Gasteiger partial charge in [-0.05, 0) is 31.2 Å². The van der Waals surface area contributed by atoms with Gasteiger partial charge in [-0.1, -0.05) is 6.07 Å². The Morgan fingerprint density at radius 2 is 1.85 bits per heavy atom. The Bertz CT molecular complexity index is 787. The first kappa shape index (κ1) is 12.4. The molecule has 4 heteroatoms. The summed E-state index contributed by atoms with van der Waals surface area (Å²) in [7, 11) is 1.54. The van der Waals surface area contributed by atoms with Gasteiger partial charge in [-0.15, -0.1) is 0 Å². The van der Waals surface area contributed by atoms with Gasteiger partial charge in [0, 0.05) is 17.2 Å². The predicted molar refractivity (Wildman–Crippen MR) is 76.3 cm³/mol. The third-order valence-corrected chi connectivity index (χ3v) is 3.39. The molecule has 3 aromatic rings. The highest BCUT2D eigenvalue weighted by atomic mass is 16.5. The fourth-order valence-electron chi connectivity index (χ4n) is 2.23. The Morgan fingerprint density at radius 1 is 1.05 bits per heavy atom. The van der Waals surface area contributed by atoms with Gasteiger partial charge in [0.1, 0.15) is 28.6 Å². The minimum absolute atomic E-state index is 0.143. The summed E-state index contributed by atoms with van der Waals surface area (Å²) in [4.78, 5) is 0. The highest BCUT2D eigenvalue weighted by Crippen LogP contribution is 2.38. The molecule has 2 aromatic carbocycles. The predicted octanol–water partition coefficient (Wildman–Crippen LogP) is 3.83. The first-order chi connectivity index (χ1) is 9.60. The lowest BCUT2D eigenvalue weighted by Crippen LogP contribution is -1.87. The number of hydrogen-bond acceptors (Lipinski definition) is 4. The van der Waals surface area contributed by atoms with Crippen molar-refractivity contribution in [2.45, 2.75) is 6.92 Å². The van der Waals surface area contributed by atoms with Gasteiger partial charge in [-0.2, -0.15) is 0 Å². The number of phenolic OH excluding ortho intramolecular Hbond substituents is 2. The van der Waals surface area contributed by atoms with E-state index in [4.69, 9.17) is 9.15 Å². The van der Waals surface area contributed by atoms with E-state index in [2.05, 4.69) is 0 Å². The number of benzene rings is 2. The number of ether oxygens (including phenoxy) is 1. The van der Waals surface area contributed by atoms with Crippen LogP contribution in [0.2, 0.25) is 0 Å². The normalized spacial score (nSPS) is 10.9. The smallest absolute Gasteiger partial charge is 0.138 e. The van der Waals surface area contributed by atoms with Crippen LogP contribution >= 0.6 is 0 Å². The Hall–Kier alpha value is -2.62. The highest BCUT2D eigenvalue weighted by molar-refractivity contribution is 5.88. The quantitative estimate of drug-likeness (QED) is 0.743. The Labute approximate surface area is 115 Å². The van der Waals surface area contributed by atoms with Crippen LogP contribution in [0, 0.1) is 6.92 Å². The molecule has 0 saturated heterocycles. The maximum atomic E-state index is 9.93. The molecule has 1 heterocycles. The lowest BCUT2D eigenvalue weighted by Gasteiger charge is -2.08. The molecule has 3 rings (SSSR count). The molecule has 0 unspecified atom stereocenters. The average Bonchev–Trinajstić information content (AvgIpc) is 2.87. The van der Waals surface area contributed by atoms with Crippen molar-refractivity contribution in [3.63, 3.8) is 0 Å². The van der Waals surface area contributed by atoms with Crippen molar-refractivity contribution < 1.29 is 19.4 Å². The molecule has 0 aliphatic rings. The van der Waals surface area contributed by atoms with Crippen molar-refractivity contribution in [2.24, 2.45) is 0 Å². The highest BCUT2D eigenvalue weighted by Gasteiger charge is 2.14. The van der Waals surface area contributed by atoms with Crippen molar-refractivity contribution >= 4 is 11.0 Å². The van der Waals surface area contributed by atoms with Gasteiger partial charge >= 0.3 is 0 Å². The second kappa shape index (κ2) is 4.49. The van der Waals surface area contributed by atoms with Crippen molar-refractivity contribution in [3.05, 3.63) is 42.0 Å². The number of methoxy groups -OCH3 is 1. The van der Waals surface area contributed by atoms with Gasteiger partial charge < -0.3 is 19.4 Å². The number of fused-ring (bicyclic) bond motifs is 1. The van der Waals surface area contributed by atoms with E-state index in [-0.39, 0.29) is 11.5 Å². The molecule has 0 aliphatic carbocycles. The third kappa shape index (κ3) is 1.86. The Kier molecular flexibility index (Phi) is 2.79. The topological polar surface area (TPSA) is 62.8 Å². The Balaban J connectivity index is 2.25. The van der Waals surface area contributed by atoms with Crippen LogP contribution in [0.1, 0.15) is 5.56 Å². The van der Waals surface area contributed by atoms with Crippen LogP contribution < -0.4 is 4.74 Å². The van der Waals surface area contributed by atoms with Crippen molar-refractivity contribution in [3.8, 4) is 28.6 Å². The molecule has 0 fully saturated rings. The van der Waals surface area contributed by atoms with Crippen LogP contribution in [0.3, 0.4) is 0 Å². The molecule has 4 nitrogen and oxygen atoms in total. The standard InChI is InChI=1S/C16H14O4/c1-9-11(6-10(19-2)7-14(9)18)16-8-12-13(17)4-3-5-15(12)20-16/h3-8,17-18H,1-2H3. The zero-order valence-electron chi connectivity index (χ0n) is 11.2. The van der Waals surface area contributed by atoms with Gasteiger partial charge in [0.05, 0.1) is 12.5 Å². The van der Waals surface area contributed by atoms with E-state index in [1.807, 2.05) is 0 Å². The summed E-state index contributed by atoms with van der Waals surface area (Å²) in [5.41, 5.74) is 2.03. The average molecular weight is 270 g/mol. The maximum Gasteiger partial charge on any atom is 0.138 e. The monoisotopic (exact) mass is 270 g/mol. The number of hydrogen-bond donors (Lipinski definition) is 2. The van der Waals surface area contributed by atoms with Crippen LogP contribution in [-0.4, -0.2) is 17.3 Å². The summed E-state index contributed by atoms with van der Waals surface area (Å²) in [6.45, 7) is 1.80. The van der Waals surface area contributed by atoms with Crippen LogP contribution in [0.25, 0.3) is 22.3 Å². The molecule has 0 radical (unpaired) electrons. The zero-order valence-corrected chi connectivity index (χ0v) is 11.2. The van der Waals surface area contributed by atoms with E-state index in [9.17, 15) is 10.2 Å². The molecule has 0 atom stereocenters. The van der Waals surface area contributed by atoms with Crippen LogP contribution in [0.15, 0.2) is 40.8 Å². The number of rotatable bonds is 2. The lowest BCUT2D eigenvalue weighted by atomic mass is 10.0. The summed E-state index contributed by atoms with van der Waals surface area (Å²) in [6, 6.07) is 10.2. The van der Waals surface area contributed by atoms with Gasteiger partial charge in [-0.3, -0.25) is 0 Å². The molecule has 0 spiro atoms. The molecule has 0 saturated carbocycles. The first-order valence-corrected chi connectivity index (χ1v) is 6.19. The molecule has 0 bridgehead atoms. The van der Waals surface area contributed by atoms with E-state index in [1.54, 1.807) is 50.4 Å². The van der Waals surface area contributed by atoms with Crippen molar-refractivity contribution in [2.75, 3.05) is 7.11 Å². The minimum atomic E-state index is 0.143. The van der Waals surface area contributed by atoms with Crippen molar-refractivity contribution in [1.82, 2.24) is 0 Å². The lowest BCUT2D eigenvalue weighted by molar-refractivity contribution is 0.407. The molecule has 0 amide bonds. The van der Waals surface area contributed by atoms with Gasteiger partial charge in [0.15, 0.2) is 0 Å². The second-order valence-electron chi connectivity index (χ2n) is 4.62. The summed E-state index contributed by atoms with van der Waals surface area (Å²) in [5.74, 6) is 1.44. The molecular weight excluding hydrogens is 256 g/mol. The molecule has 2 N–H and O–H groups in total. The molecule has 0 aliphatic heterocycles.